The first-order chi connectivity index (χ1) is 11.7. The largest absolute Gasteiger partial charge is 0.322 e. The van der Waals surface area contributed by atoms with Gasteiger partial charge in [-0.3, -0.25) is 9.37 Å². The van der Waals surface area contributed by atoms with Crippen LogP contribution < -0.4 is 10.6 Å². The zero-order valence-corrected chi connectivity index (χ0v) is 15.5. The summed E-state index contributed by atoms with van der Waals surface area (Å²) < 4.78 is 25.6. The van der Waals surface area contributed by atoms with Crippen LogP contribution in [0.15, 0.2) is 53.4 Å². The van der Waals surface area contributed by atoms with Gasteiger partial charge in [0.2, 0.25) is 5.84 Å². The molecule has 0 unspecified atom stereocenters. The number of carbonyl (C=O) groups is 1. The van der Waals surface area contributed by atoms with Crippen LogP contribution in [0.2, 0.25) is 0 Å². The minimum Gasteiger partial charge on any atom is -0.322 e. The topological polar surface area (TPSA) is 78.3 Å². The first-order valence-electron chi connectivity index (χ1n) is 7.67. The third kappa shape index (κ3) is 4.90. The van der Waals surface area contributed by atoms with Gasteiger partial charge in [-0.15, -0.1) is 0 Å². The van der Waals surface area contributed by atoms with Crippen molar-refractivity contribution in [2.75, 3.05) is 31.0 Å². The molecule has 0 atom stereocenters. The molecule has 0 spiro atoms. The van der Waals surface area contributed by atoms with E-state index in [-0.39, 0.29) is 10.5 Å². The van der Waals surface area contributed by atoms with E-state index < -0.39 is 15.7 Å². The highest BCUT2D eigenvalue weighted by molar-refractivity contribution is 7.90. The van der Waals surface area contributed by atoms with E-state index in [1.54, 1.807) is 24.3 Å². The minimum absolute atomic E-state index is 0.0157. The summed E-state index contributed by atoms with van der Waals surface area (Å²) in [5.41, 5.74) is 1.60. The molecule has 0 radical (unpaired) electrons. The maximum Gasteiger partial charge on any atom is 0.256 e. The molecule has 0 heterocycles. The Kier molecular flexibility index (Phi) is 5.58. The molecule has 0 aliphatic carbocycles. The van der Waals surface area contributed by atoms with Crippen LogP contribution in [-0.4, -0.2) is 45.1 Å². The number of nitrogens with zero attached hydrogens (tertiary/aromatic N) is 1. The Morgan fingerprint density at radius 2 is 1.44 bits per heavy atom. The number of amidine groups is 1. The highest BCUT2D eigenvalue weighted by Gasteiger charge is 2.18. The van der Waals surface area contributed by atoms with Gasteiger partial charge in [-0.2, -0.15) is 0 Å². The zero-order chi connectivity index (χ0) is 18.6. The highest BCUT2D eigenvalue weighted by atomic mass is 32.2. The monoisotopic (exact) mass is 360 g/mol. The fourth-order valence-electron chi connectivity index (χ4n) is 2.13. The molecule has 0 aromatic heterocycles. The van der Waals surface area contributed by atoms with E-state index in [1.165, 1.54) is 12.1 Å². The average Bonchev–Trinajstić information content (AvgIpc) is 2.55. The number of carbonyl (C=O) groups excluding carboxylic acids is 1. The van der Waals surface area contributed by atoms with Crippen molar-refractivity contribution in [2.45, 2.75) is 11.8 Å². The molecule has 25 heavy (non-hydrogen) atoms. The molecule has 1 amide bonds. The lowest BCUT2D eigenvalue weighted by molar-refractivity contribution is -0.464. The number of sulfone groups is 1. The van der Waals surface area contributed by atoms with Crippen molar-refractivity contribution >= 4 is 33.0 Å². The van der Waals surface area contributed by atoms with Crippen LogP contribution in [0.5, 0.6) is 0 Å². The quantitative estimate of drug-likeness (QED) is 0.499. The fourth-order valence-corrected chi connectivity index (χ4v) is 3.02. The summed E-state index contributed by atoms with van der Waals surface area (Å²) in [5.74, 6) is 0.525. The Morgan fingerprint density at radius 3 is 1.96 bits per heavy atom. The van der Waals surface area contributed by atoms with E-state index in [2.05, 4.69) is 10.6 Å². The SMILES string of the molecule is CC(Nc1ccc(NC(=O)c2ccccc2S(C)(=O)=O)cc1)=[N+](C)C. The van der Waals surface area contributed by atoms with E-state index in [0.717, 1.165) is 17.8 Å². The molecule has 132 valence electrons. The van der Waals surface area contributed by atoms with Crippen molar-refractivity contribution in [1.82, 2.24) is 0 Å². The Morgan fingerprint density at radius 1 is 0.920 bits per heavy atom. The Hall–Kier alpha value is -2.67. The van der Waals surface area contributed by atoms with Gasteiger partial charge in [0, 0.05) is 18.9 Å². The maximum atomic E-state index is 12.4. The zero-order valence-electron chi connectivity index (χ0n) is 14.7. The number of nitrogens with one attached hydrogen (secondary N) is 2. The maximum absolute atomic E-state index is 12.4. The number of rotatable bonds is 4. The molecule has 2 aromatic rings. The average molecular weight is 360 g/mol. The van der Waals surface area contributed by atoms with E-state index in [9.17, 15) is 13.2 Å². The van der Waals surface area contributed by atoms with E-state index in [1.807, 2.05) is 37.7 Å². The lowest BCUT2D eigenvalue weighted by atomic mass is 10.2. The molecule has 7 heteroatoms. The lowest BCUT2D eigenvalue weighted by Gasteiger charge is -2.09. The summed E-state index contributed by atoms with van der Waals surface area (Å²) in [5, 5.41) is 5.96. The van der Waals surface area contributed by atoms with Crippen molar-refractivity contribution in [3.63, 3.8) is 0 Å². The van der Waals surface area contributed by atoms with Gasteiger partial charge in [0.05, 0.1) is 24.6 Å². The molecular weight excluding hydrogens is 338 g/mol. The molecule has 2 aromatic carbocycles. The van der Waals surface area contributed by atoms with Crippen LogP contribution in [0, 0.1) is 0 Å². The number of anilines is 2. The fraction of sp³-hybridized carbons (Fsp3) is 0.222. The molecule has 0 fully saturated rings. The molecule has 6 nitrogen and oxygen atoms in total. The molecule has 2 N–H and O–H groups in total. The third-order valence-electron chi connectivity index (χ3n) is 3.67. The van der Waals surface area contributed by atoms with Crippen molar-refractivity contribution in [3.8, 4) is 0 Å². The lowest BCUT2D eigenvalue weighted by Crippen LogP contribution is -2.18. The van der Waals surface area contributed by atoms with Crippen LogP contribution in [0.1, 0.15) is 17.3 Å². The molecule has 2 rings (SSSR count). The van der Waals surface area contributed by atoms with Crippen molar-refractivity contribution < 1.29 is 17.8 Å². The van der Waals surface area contributed by atoms with Gasteiger partial charge in [0.15, 0.2) is 9.84 Å². The molecule has 0 saturated carbocycles. The second-order valence-corrected chi connectivity index (χ2v) is 7.89. The van der Waals surface area contributed by atoms with Crippen molar-refractivity contribution in [2.24, 2.45) is 0 Å². The Labute approximate surface area is 148 Å². The van der Waals surface area contributed by atoms with Gasteiger partial charge in [0.1, 0.15) is 5.69 Å². The minimum atomic E-state index is -3.48. The summed E-state index contributed by atoms with van der Waals surface area (Å²) >= 11 is 0. The van der Waals surface area contributed by atoms with Crippen LogP contribution in [0.25, 0.3) is 0 Å². The predicted octanol–water partition coefficient (Wildman–Crippen LogP) is 2.44. The predicted molar refractivity (Wildman–Crippen MR) is 100 cm³/mol. The standard InChI is InChI=1S/C18H21N3O3S/c1-13(21(2)3)19-14-9-11-15(12-10-14)20-18(22)16-7-5-6-8-17(16)25(4,23)24/h5-12H,1-4H3,(H,20,22)/p+1. The number of hydrogen-bond acceptors (Lipinski definition) is 3. The van der Waals surface area contributed by atoms with E-state index in [4.69, 9.17) is 0 Å². The summed E-state index contributed by atoms with van der Waals surface area (Å²) in [4.78, 5) is 12.4. The van der Waals surface area contributed by atoms with Gasteiger partial charge in [-0.1, -0.05) is 12.1 Å². The van der Waals surface area contributed by atoms with Crippen molar-refractivity contribution in [3.05, 3.63) is 54.1 Å². The van der Waals surface area contributed by atoms with Crippen LogP contribution >= 0.6 is 0 Å². The highest BCUT2D eigenvalue weighted by Crippen LogP contribution is 2.19. The van der Waals surface area contributed by atoms with Crippen molar-refractivity contribution in [1.29, 1.82) is 0 Å². The molecule has 0 aliphatic heterocycles. The second kappa shape index (κ2) is 7.48. The third-order valence-corrected chi connectivity index (χ3v) is 4.82. The van der Waals surface area contributed by atoms with Crippen LogP contribution in [0.3, 0.4) is 0 Å². The van der Waals surface area contributed by atoms with E-state index in [0.29, 0.717) is 5.69 Å². The number of benzene rings is 2. The first-order valence-corrected chi connectivity index (χ1v) is 9.56. The summed E-state index contributed by atoms with van der Waals surface area (Å²) in [6, 6.07) is 13.3. The van der Waals surface area contributed by atoms with Gasteiger partial charge in [-0.25, -0.2) is 13.7 Å². The molecule has 0 aliphatic rings. The van der Waals surface area contributed by atoms with E-state index >= 15 is 0 Å². The molecule has 0 saturated heterocycles. The summed E-state index contributed by atoms with van der Waals surface area (Å²) in [6.07, 6.45) is 1.09. The second-order valence-electron chi connectivity index (χ2n) is 5.90. The Balaban J connectivity index is 2.19. The summed E-state index contributed by atoms with van der Waals surface area (Å²) in [6.45, 7) is 1.96. The van der Waals surface area contributed by atoms with Gasteiger partial charge < -0.3 is 5.32 Å². The summed E-state index contributed by atoms with van der Waals surface area (Å²) in [7, 11) is 0.404. The smallest absolute Gasteiger partial charge is 0.256 e. The molecular formula is C18H22N3O3S+. The van der Waals surface area contributed by atoms with Gasteiger partial charge in [0.25, 0.3) is 5.91 Å². The Bertz CT molecular complexity index is 913. The van der Waals surface area contributed by atoms with Gasteiger partial charge in [-0.05, 0) is 36.4 Å². The normalized spacial score (nSPS) is 10.9. The first kappa shape index (κ1) is 18.7. The van der Waals surface area contributed by atoms with Crippen LogP contribution in [-0.2, 0) is 9.84 Å². The number of hydrogen-bond donors (Lipinski definition) is 2. The number of amides is 1. The molecule has 0 bridgehead atoms. The van der Waals surface area contributed by atoms with Crippen LogP contribution in [0.4, 0.5) is 11.4 Å². The van der Waals surface area contributed by atoms with Gasteiger partial charge >= 0.3 is 0 Å².